The highest BCUT2D eigenvalue weighted by Crippen LogP contribution is 2.20. The Bertz CT molecular complexity index is 569. The average molecular weight is 286 g/mol. The Morgan fingerprint density at radius 3 is 2.53 bits per heavy atom. The van der Waals surface area contributed by atoms with Gasteiger partial charge in [-0.25, -0.2) is 17.9 Å². The number of esters is 1. The van der Waals surface area contributed by atoms with Crippen LogP contribution in [-0.2, 0) is 19.6 Å². The van der Waals surface area contributed by atoms with E-state index in [-0.39, 0.29) is 4.90 Å². The lowest BCUT2D eigenvalue weighted by atomic mass is 10.2. The van der Waals surface area contributed by atoms with Crippen LogP contribution < -0.4 is 10.0 Å². The molecular weight excluding hydrogens is 268 g/mol. The van der Waals surface area contributed by atoms with Crippen LogP contribution in [0, 0.1) is 6.92 Å². The van der Waals surface area contributed by atoms with Gasteiger partial charge in [-0.1, -0.05) is 6.07 Å². The quantitative estimate of drug-likeness (QED) is 0.785. The maximum atomic E-state index is 11.8. The summed E-state index contributed by atoms with van der Waals surface area (Å²) in [5.41, 5.74) is 1.17. The van der Waals surface area contributed by atoms with Gasteiger partial charge in [0.15, 0.2) is 0 Å². The molecule has 2 N–H and O–H groups in total. The molecule has 0 aliphatic heterocycles. The zero-order chi connectivity index (χ0) is 14.6. The van der Waals surface area contributed by atoms with Gasteiger partial charge in [0.2, 0.25) is 10.0 Å². The Morgan fingerprint density at radius 1 is 1.37 bits per heavy atom. The topological polar surface area (TPSA) is 84.5 Å². The molecule has 0 aromatic heterocycles. The number of rotatable bonds is 5. The number of aryl methyl sites for hydroxylation is 1. The Kier molecular flexibility index (Phi) is 4.90. The molecule has 1 aromatic rings. The van der Waals surface area contributed by atoms with E-state index < -0.39 is 22.0 Å². The third-order valence-electron chi connectivity index (χ3n) is 2.68. The van der Waals surface area contributed by atoms with Crippen molar-refractivity contribution in [1.82, 2.24) is 4.72 Å². The molecule has 0 heterocycles. The van der Waals surface area contributed by atoms with E-state index in [4.69, 9.17) is 0 Å². The van der Waals surface area contributed by atoms with E-state index in [1.54, 1.807) is 26.0 Å². The van der Waals surface area contributed by atoms with Crippen molar-refractivity contribution >= 4 is 21.7 Å². The zero-order valence-corrected chi connectivity index (χ0v) is 12.2. The Labute approximate surface area is 113 Å². The van der Waals surface area contributed by atoms with Crippen molar-refractivity contribution in [3.05, 3.63) is 23.8 Å². The summed E-state index contributed by atoms with van der Waals surface area (Å²) >= 11 is 0. The lowest BCUT2D eigenvalue weighted by molar-refractivity contribution is -0.141. The summed E-state index contributed by atoms with van der Waals surface area (Å²) in [7, 11) is -0.868. The highest BCUT2D eigenvalue weighted by molar-refractivity contribution is 7.89. The average Bonchev–Trinajstić information content (AvgIpc) is 2.39. The van der Waals surface area contributed by atoms with Gasteiger partial charge in [0.1, 0.15) is 6.04 Å². The van der Waals surface area contributed by atoms with E-state index >= 15 is 0 Å². The second-order valence-electron chi connectivity index (χ2n) is 4.08. The van der Waals surface area contributed by atoms with Crippen molar-refractivity contribution in [2.24, 2.45) is 0 Å². The number of anilines is 1. The molecular formula is C12H18N2O4S. The molecule has 7 heteroatoms. The van der Waals surface area contributed by atoms with E-state index in [1.165, 1.54) is 20.2 Å². The van der Waals surface area contributed by atoms with Crippen molar-refractivity contribution < 1.29 is 17.9 Å². The van der Waals surface area contributed by atoms with E-state index in [0.717, 1.165) is 0 Å². The summed E-state index contributed by atoms with van der Waals surface area (Å²) in [6.07, 6.45) is 0. The second kappa shape index (κ2) is 6.03. The van der Waals surface area contributed by atoms with Gasteiger partial charge in [0.05, 0.1) is 12.0 Å². The molecule has 0 saturated carbocycles. The molecule has 0 bridgehead atoms. The molecule has 0 radical (unpaired) electrons. The third-order valence-corrected chi connectivity index (χ3v) is 4.24. The molecule has 1 unspecified atom stereocenters. The van der Waals surface area contributed by atoms with Gasteiger partial charge in [0, 0.05) is 5.69 Å². The van der Waals surface area contributed by atoms with Crippen LogP contribution >= 0.6 is 0 Å². The van der Waals surface area contributed by atoms with Crippen molar-refractivity contribution in [3.8, 4) is 0 Å². The fraction of sp³-hybridized carbons (Fsp3) is 0.417. The van der Waals surface area contributed by atoms with Gasteiger partial charge in [-0.15, -0.1) is 0 Å². The number of nitrogens with one attached hydrogen (secondary N) is 2. The van der Waals surface area contributed by atoms with Crippen LogP contribution in [0.1, 0.15) is 12.5 Å². The van der Waals surface area contributed by atoms with E-state index in [2.05, 4.69) is 14.8 Å². The summed E-state index contributed by atoms with van der Waals surface area (Å²) < 4.78 is 30.5. The van der Waals surface area contributed by atoms with Gasteiger partial charge in [-0.2, -0.15) is 0 Å². The van der Waals surface area contributed by atoms with Crippen LogP contribution in [0.25, 0.3) is 0 Å². The molecule has 6 nitrogen and oxygen atoms in total. The summed E-state index contributed by atoms with van der Waals surface area (Å²) in [4.78, 5) is 11.5. The first-order valence-electron chi connectivity index (χ1n) is 5.70. The van der Waals surface area contributed by atoms with Crippen LogP contribution in [0.4, 0.5) is 5.69 Å². The minimum absolute atomic E-state index is 0.178. The fourth-order valence-corrected chi connectivity index (χ4v) is 2.57. The summed E-state index contributed by atoms with van der Waals surface area (Å²) in [5, 5.41) is 2.89. The molecule has 106 valence electrons. The van der Waals surface area contributed by atoms with Gasteiger partial charge < -0.3 is 10.1 Å². The molecule has 0 spiro atoms. The number of ether oxygens (including phenoxy) is 1. The Morgan fingerprint density at radius 2 is 2.00 bits per heavy atom. The van der Waals surface area contributed by atoms with Crippen LogP contribution in [0.2, 0.25) is 0 Å². The van der Waals surface area contributed by atoms with Crippen molar-refractivity contribution in [3.63, 3.8) is 0 Å². The van der Waals surface area contributed by atoms with Crippen LogP contribution in [0.15, 0.2) is 23.1 Å². The Hall–Kier alpha value is -1.60. The van der Waals surface area contributed by atoms with Crippen molar-refractivity contribution in [2.45, 2.75) is 24.8 Å². The number of benzene rings is 1. The lowest BCUT2D eigenvalue weighted by Gasteiger charge is -2.15. The SMILES string of the molecule is CNS(=O)(=O)c1cc(NC(C)C(=O)OC)ccc1C. The highest BCUT2D eigenvalue weighted by atomic mass is 32.2. The van der Waals surface area contributed by atoms with Crippen molar-refractivity contribution in [1.29, 1.82) is 0 Å². The minimum atomic E-state index is -3.52. The number of carbonyl (C=O) groups excluding carboxylic acids is 1. The zero-order valence-electron chi connectivity index (χ0n) is 11.4. The smallest absolute Gasteiger partial charge is 0.327 e. The van der Waals surface area contributed by atoms with E-state index in [9.17, 15) is 13.2 Å². The van der Waals surface area contributed by atoms with Crippen LogP contribution in [0.5, 0.6) is 0 Å². The fourth-order valence-electron chi connectivity index (χ4n) is 1.58. The molecule has 1 rings (SSSR count). The summed E-state index contributed by atoms with van der Waals surface area (Å²) in [5.74, 6) is -0.418. The molecule has 1 atom stereocenters. The maximum absolute atomic E-state index is 11.8. The molecule has 0 saturated heterocycles. The minimum Gasteiger partial charge on any atom is -0.467 e. The second-order valence-corrected chi connectivity index (χ2v) is 5.93. The number of carbonyl (C=O) groups is 1. The molecule has 19 heavy (non-hydrogen) atoms. The third kappa shape index (κ3) is 3.68. The van der Waals surface area contributed by atoms with Gasteiger partial charge in [-0.3, -0.25) is 0 Å². The molecule has 0 aliphatic carbocycles. The maximum Gasteiger partial charge on any atom is 0.327 e. The molecule has 0 fully saturated rings. The normalized spacial score (nSPS) is 12.8. The lowest BCUT2D eigenvalue weighted by Crippen LogP contribution is -2.27. The first kappa shape index (κ1) is 15.5. The monoisotopic (exact) mass is 286 g/mol. The number of hydrogen-bond donors (Lipinski definition) is 2. The summed E-state index contributed by atoms with van der Waals surface area (Å²) in [6.45, 7) is 3.34. The van der Waals surface area contributed by atoms with E-state index in [1.807, 2.05) is 0 Å². The van der Waals surface area contributed by atoms with Crippen molar-refractivity contribution in [2.75, 3.05) is 19.5 Å². The molecule has 0 amide bonds. The van der Waals surface area contributed by atoms with Crippen LogP contribution in [-0.4, -0.2) is 34.6 Å². The standard InChI is InChI=1S/C12H18N2O4S/c1-8-5-6-10(14-9(2)12(15)18-4)7-11(8)19(16,17)13-3/h5-7,9,13-14H,1-4H3. The molecule has 1 aromatic carbocycles. The number of methoxy groups -OCH3 is 1. The molecule has 0 aliphatic rings. The number of hydrogen-bond acceptors (Lipinski definition) is 5. The van der Waals surface area contributed by atoms with Crippen LogP contribution in [0.3, 0.4) is 0 Å². The van der Waals surface area contributed by atoms with Gasteiger partial charge in [-0.05, 0) is 38.6 Å². The predicted molar refractivity (Wildman–Crippen MR) is 72.5 cm³/mol. The Balaban J connectivity index is 3.07. The van der Waals surface area contributed by atoms with E-state index in [0.29, 0.717) is 11.3 Å². The summed E-state index contributed by atoms with van der Waals surface area (Å²) in [6, 6.07) is 4.32. The first-order chi connectivity index (χ1) is 8.81. The largest absolute Gasteiger partial charge is 0.467 e. The predicted octanol–water partition coefficient (Wildman–Crippen LogP) is 0.877. The number of sulfonamides is 1. The van der Waals surface area contributed by atoms with Gasteiger partial charge >= 0.3 is 5.97 Å². The first-order valence-corrected chi connectivity index (χ1v) is 7.18. The van der Waals surface area contributed by atoms with Gasteiger partial charge in [0.25, 0.3) is 0 Å². The highest BCUT2D eigenvalue weighted by Gasteiger charge is 2.17.